The van der Waals surface area contributed by atoms with Gasteiger partial charge in [0.1, 0.15) is 11.6 Å². The maximum atomic E-state index is 13.6. The minimum absolute atomic E-state index is 0.164. The van der Waals surface area contributed by atoms with Crippen molar-refractivity contribution in [1.29, 1.82) is 0 Å². The Labute approximate surface area is 129 Å². The summed E-state index contributed by atoms with van der Waals surface area (Å²) in [5, 5.41) is 2.77. The minimum Gasteiger partial charge on any atom is -0.494 e. The first-order valence-electron chi connectivity index (χ1n) is 7.06. The summed E-state index contributed by atoms with van der Waals surface area (Å²) in [7, 11) is 0. The number of anilines is 1. The van der Waals surface area contributed by atoms with Crippen molar-refractivity contribution in [2.45, 2.75) is 13.8 Å². The van der Waals surface area contributed by atoms with E-state index in [0.717, 1.165) is 11.3 Å². The minimum atomic E-state index is -0.349. The summed E-state index contributed by atoms with van der Waals surface area (Å²) >= 11 is 0. The van der Waals surface area contributed by atoms with Crippen LogP contribution in [-0.2, 0) is 0 Å². The van der Waals surface area contributed by atoms with E-state index in [9.17, 15) is 9.18 Å². The molecule has 2 aromatic rings. The fourth-order valence-electron chi connectivity index (χ4n) is 1.92. The Morgan fingerprint density at radius 2 is 1.95 bits per heavy atom. The molecule has 0 fully saturated rings. The van der Waals surface area contributed by atoms with Gasteiger partial charge in [-0.2, -0.15) is 0 Å². The Morgan fingerprint density at radius 3 is 2.59 bits per heavy atom. The van der Waals surface area contributed by atoms with E-state index in [4.69, 9.17) is 4.74 Å². The first kappa shape index (κ1) is 15.8. The molecular formula is C18H18FNO2. The van der Waals surface area contributed by atoms with Gasteiger partial charge < -0.3 is 10.1 Å². The van der Waals surface area contributed by atoms with Crippen molar-refractivity contribution in [3.05, 3.63) is 71.7 Å². The largest absolute Gasteiger partial charge is 0.494 e. The molecule has 0 aliphatic carbocycles. The molecule has 0 saturated heterocycles. The van der Waals surface area contributed by atoms with Crippen molar-refractivity contribution in [2.75, 3.05) is 11.9 Å². The molecule has 22 heavy (non-hydrogen) atoms. The van der Waals surface area contributed by atoms with E-state index < -0.39 is 0 Å². The Morgan fingerprint density at radius 1 is 1.23 bits per heavy atom. The van der Waals surface area contributed by atoms with Crippen LogP contribution in [0.5, 0.6) is 5.75 Å². The van der Waals surface area contributed by atoms with Crippen molar-refractivity contribution < 1.29 is 13.9 Å². The second-order valence-corrected chi connectivity index (χ2v) is 4.78. The maximum Gasteiger partial charge on any atom is 0.187 e. The van der Waals surface area contributed by atoms with Gasteiger partial charge in [0.25, 0.3) is 0 Å². The summed E-state index contributed by atoms with van der Waals surface area (Å²) in [6.45, 7) is 4.30. The fourth-order valence-corrected chi connectivity index (χ4v) is 1.92. The van der Waals surface area contributed by atoms with Crippen LogP contribution in [0.3, 0.4) is 0 Å². The monoisotopic (exact) mass is 299 g/mol. The normalized spacial score (nSPS) is 10.7. The molecule has 0 radical (unpaired) electrons. The number of hydrogen-bond acceptors (Lipinski definition) is 3. The van der Waals surface area contributed by atoms with Gasteiger partial charge in [0.2, 0.25) is 0 Å². The molecule has 114 valence electrons. The molecule has 0 spiro atoms. The van der Waals surface area contributed by atoms with Crippen LogP contribution in [0.1, 0.15) is 22.8 Å². The lowest BCUT2D eigenvalue weighted by molar-refractivity contribution is 0.104. The van der Waals surface area contributed by atoms with Gasteiger partial charge in [-0.05, 0) is 55.8 Å². The highest BCUT2D eigenvalue weighted by atomic mass is 19.1. The maximum absolute atomic E-state index is 13.6. The van der Waals surface area contributed by atoms with Crippen LogP contribution < -0.4 is 10.1 Å². The Hall–Kier alpha value is -2.62. The standard InChI is InChI=1S/C18H18FNO2/c1-3-22-15-7-5-14(6-8-15)18(21)10-11-20-17-9-4-13(2)12-16(17)19/h4-12,20H,3H2,1-2H3/b11-10+. The predicted molar refractivity (Wildman–Crippen MR) is 85.8 cm³/mol. The number of carbonyl (C=O) groups is 1. The highest BCUT2D eigenvalue weighted by Gasteiger charge is 2.03. The van der Waals surface area contributed by atoms with Crippen molar-refractivity contribution in [3.63, 3.8) is 0 Å². The molecule has 0 heterocycles. The van der Waals surface area contributed by atoms with Crippen LogP contribution >= 0.6 is 0 Å². The predicted octanol–water partition coefficient (Wildman–Crippen LogP) is 4.34. The Balaban J connectivity index is 1.98. The van der Waals surface area contributed by atoms with Crippen LogP contribution in [0.25, 0.3) is 0 Å². The number of ether oxygens (including phenoxy) is 1. The first-order chi connectivity index (χ1) is 10.6. The lowest BCUT2D eigenvalue weighted by atomic mass is 10.1. The Kier molecular flexibility index (Phi) is 5.31. The highest BCUT2D eigenvalue weighted by Crippen LogP contribution is 2.16. The zero-order valence-electron chi connectivity index (χ0n) is 12.6. The van der Waals surface area contributed by atoms with E-state index in [-0.39, 0.29) is 11.6 Å². The lowest BCUT2D eigenvalue weighted by Gasteiger charge is -2.04. The highest BCUT2D eigenvalue weighted by molar-refractivity contribution is 6.04. The molecule has 0 atom stereocenters. The van der Waals surface area contributed by atoms with Crippen molar-refractivity contribution >= 4 is 11.5 Å². The second-order valence-electron chi connectivity index (χ2n) is 4.78. The molecular weight excluding hydrogens is 281 g/mol. The summed E-state index contributed by atoms with van der Waals surface area (Å²) in [5.74, 6) is 0.212. The average molecular weight is 299 g/mol. The second kappa shape index (κ2) is 7.41. The van der Waals surface area contributed by atoms with E-state index >= 15 is 0 Å². The Bertz CT molecular complexity index is 678. The van der Waals surface area contributed by atoms with E-state index in [1.54, 1.807) is 36.4 Å². The van der Waals surface area contributed by atoms with Crippen molar-refractivity contribution in [2.24, 2.45) is 0 Å². The summed E-state index contributed by atoms with van der Waals surface area (Å²) < 4.78 is 18.9. The van der Waals surface area contributed by atoms with Crippen LogP contribution in [0, 0.1) is 12.7 Å². The van der Waals surface area contributed by atoms with Gasteiger partial charge in [0.15, 0.2) is 5.78 Å². The molecule has 4 heteroatoms. The first-order valence-corrected chi connectivity index (χ1v) is 7.06. The number of aryl methyl sites for hydroxylation is 1. The molecule has 0 bridgehead atoms. The fraction of sp³-hybridized carbons (Fsp3) is 0.167. The number of nitrogens with one attached hydrogen (secondary N) is 1. The molecule has 3 nitrogen and oxygen atoms in total. The smallest absolute Gasteiger partial charge is 0.187 e. The number of hydrogen-bond donors (Lipinski definition) is 1. The number of halogens is 1. The lowest BCUT2D eigenvalue weighted by Crippen LogP contribution is -1.98. The van der Waals surface area contributed by atoms with Gasteiger partial charge in [-0.3, -0.25) is 4.79 Å². The molecule has 0 aromatic heterocycles. The van der Waals surface area contributed by atoms with Crippen LogP contribution in [0.15, 0.2) is 54.7 Å². The third kappa shape index (κ3) is 4.19. The summed E-state index contributed by atoms with van der Waals surface area (Å²) in [5.41, 5.74) is 1.73. The third-order valence-electron chi connectivity index (χ3n) is 3.05. The molecule has 0 aliphatic rings. The van der Waals surface area contributed by atoms with Crippen LogP contribution in [0.2, 0.25) is 0 Å². The number of benzene rings is 2. The molecule has 2 rings (SSSR count). The summed E-state index contributed by atoms with van der Waals surface area (Å²) in [4.78, 5) is 12.0. The van der Waals surface area contributed by atoms with E-state index in [0.29, 0.717) is 17.9 Å². The van der Waals surface area contributed by atoms with E-state index in [1.165, 1.54) is 18.3 Å². The molecule has 0 saturated carbocycles. The van der Waals surface area contributed by atoms with Gasteiger partial charge in [0, 0.05) is 17.8 Å². The number of allylic oxidation sites excluding steroid dienone is 1. The zero-order valence-corrected chi connectivity index (χ0v) is 12.6. The van der Waals surface area contributed by atoms with Gasteiger partial charge in [-0.1, -0.05) is 6.07 Å². The molecule has 2 aromatic carbocycles. The van der Waals surface area contributed by atoms with Crippen LogP contribution in [-0.4, -0.2) is 12.4 Å². The van der Waals surface area contributed by atoms with Gasteiger partial charge >= 0.3 is 0 Å². The van der Waals surface area contributed by atoms with Gasteiger partial charge in [0.05, 0.1) is 12.3 Å². The van der Waals surface area contributed by atoms with Gasteiger partial charge in [-0.25, -0.2) is 4.39 Å². The van der Waals surface area contributed by atoms with Gasteiger partial charge in [-0.15, -0.1) is 0 Å². The van der Waals surface area contributed by atoms with E-state index in [1.807, 2.05) is 13.8 Å². The topological polar surface area (TPSA) is 38.3 Å². The molecule has 0 unspecified atom stereocenters. The molecule has 0 aliphatic heterocycles. The zero-order chi connectivity index (χ0) is 15.9. The summed E-state index contributed by atoms with van der Waals surface area (Å²) in [6, 6.07) is 11.8. The number of ketones is 1. The summed E-state index contributed by atoms with van der Waals surface area (Å²) in [6.07, 6.45) is 2.81. The molecule has 0 amide bonds. The average Bonchev–Trinajstić information content (AvgIpc) is 2.50. The third-order valence-corrected chi connectivity index (χ3v) is 3.05. The SMILES string of the molecule is CCOc1ccc(C(=O)/C=C/Nc2ccc(C)cc2F)cc1. The quantitative estimate of drug-likeness (QED) is 0.637. The molecule has 1 N–H and O–H groups in total. The number of carbonyl (C=O) groups excluding carboxylic acids is 1. The van der Waals surface area contributed by atoms with Crippen molar-refractivity contribution in [1.82, 2.24) is 0 Å². The van der Waals surface area contributed by atoms with Crippen LogP contribution in [0.4, 0.5) is 10.1 Å². The number of rotatable bonds is 6. The van der Waals surface area contributed by atoms with E-state index in [2.05, 4.69) is 5.32 Å². The van der Waals surface area contributed by atoms with Crippen molar-refractivity contribution in [3.8, 4) is 5.75 Å².